The van der Waals surface area contributed by atoms with E-state index in [-0.39, 0.29) is 18.3 Å². The van der Waals surface area contributed by atoms with Crippen LogP contribution in [-0.2, 0) is 9.47 Å². The van der Waals surface area contributed by atoms with Crippen molar-refractivity contribution in [2.75, 3.05) is 49.6 Å². The third-order valence-electron chi connectivity index (χ3n) is 4.29. The number of ether oxygens (including phenoxy) is 2. The first-order chi connectivity index (χ1) is 13.5. The highest BCUT2D eigenvalue weighted by molar-refractivity contribution is 7.80. The van der Waals surface area contributed by atoms with E-state index in [0.717, 1.165) is 0 Å². The topological polar surface area (TPSA) is 93.4 Å². The fourth-order valence-electron chi connectivity index (χ4n) is 2.86. The SMILES string of the molecule is COC(=S)NC[C@H]1CN(c2ccc(N3C=NN(CC#N)CC3)c(F)c2)C(=O)O1. The van der Waals surface area contributed by atoms with Crippen molar-refractivity contribution in [3.63, 3.8) is 0 Å². The van der Waals surface area contributed by atoms with Gasteiger partial charge in [-0.05, 0) is 30.4 Å². The molecular weight excluding hydrogens is 387 g/mol. The monoisotopic (exact) mass is 406 g/mol. The molecule has 0 aliphatic carbocycles. The van der Waals surface area contributed by atoms with Gasteiger partial charge in [-0.3, -0.25) is 9.91 Å². The predicted molar refractivity (Wildman–Crippen MR) is 105 cm³/mol. The van der Waals surface area contributed by atoms with Gasteiger partial charge in [0.15, 0.2) is 0 Å². The second-order valence-electron chi connectivity index (χ2n) is 6.10. The Labute approximate surface area is 166 Å². The molecule has 0 radical (unpaired) electrons. The summed E-state index contributed by atoms with van der Waals surface area (Å²) in [7, 11) is 1.45. The van der Waals surface area contributed by atoms with Crippen molar-refractivity contribution < 1.29 is 18.7 Å². The molecule has 1 aromatic rings. The Bertz CT molecular complexity index is 830. The van der Waals surface area contributed by atoms with Crippen LogP contribution >= 0.6 is 12.2 Å². The Balaban J connectivity index is 1.66. The number of rotatable bonds is 5. The lowest BCUT2D eigenvalue weighted by molar-refractivity contribution is 0.142. The zero-order valence-corrected chi connectivity index (χ0v) is 16.0. The van der Waals surface area contributed by atoms with Gasteiger partial charge in [-0.15, -0.1) is 0 Å². The van der Waals surface area contributed by atoms with Crippen molar-refractivity contribution >= 4 is 41.2 Å². The van der Waals surface area contributed by atoms with Crippen LogP contribution in [0.1, 0.15) is 0 Å². The molecule has 0 unspecified atom stereocenters. The number of amides is 1. The van der Waals surface area contributed by atoms with Crippen molar-refractivity contribution in [2.24, 2.45) is 5.10 Å². The number of methoxy groups -OCH3 is 1. The van der Waals surface area contributed by atoms with E-state index in [2.05, 4.69) is 10.4 Å². The first-order valence-electron chi connectivity index (χ1n) is 8.54. The van der Waals surface area contributed by atoms with Gasteiger partial charge < -0.3 is 19.7 Å². The maximum Gasteiger partial charge on any atom is 0.414 e. The van der Waals surface area contributed by atoms with Gasteiger partial charge in [-0.1, -0.05) is 0 Å². The molecule has 0 spiro atoms. The minimum Gasteiger partial charge on any atom is -0.474 e. The van der Waals surface area contributed by atoms with E-state index in [1.807, 2.05) is 6.07 Å². The maximum absolute atomic E-state index is 14.7. The number of hydrogen-bond acceptors (Lipinski definition) is 8. The lowest BCUT2D eigenvalue weighted by atomic mass is 10.2. The summed E-state index contributed by atoms with van der Waals surface area (Å²) in [6.45, 7) is 1.78. The molecule has 9 nitrogen and oxygen atoms in total. The average Bonchev–Trinajstić information content (AvgIpc) is 3.07. The number of carbonyl (C=O) groups is 1. The standard InChI is InChI=1S/C17H19FN6O3S/c1-26-16(28)20-9-13-10-24(17(25)27-13)12-2-3-15(14(18)8-12)22-6-7-23(5-4-19)21-11-22/h2-3,8,11,13H,5-7,9-10H2,1H3,(H,20,28)/t13-/m0/s1. The van der Waals surface area contributed by atoms with Crippen molar-refractivity contribution in [3.8, 4) is 6.07 Å². The second-order valence-corrected chi connectivity index (χ2v) is 6.47. The zero-order valence-electron chi connectivity index (χ0n) is 15.2. The van der Waals surface area contributed by atoms with E-state index in [1.54, 1.807) is 22.0 Å². The van der Waals surface area contributed by atoms with E-state index in [9.17, 15) is 9.18 Å². The molecule has 0 bridgehead atoms. The number of hydrogen-bond donors (Lipinski definition) is 1. The maximum atomic E-state index is 14.7. The van der Waals surface area contributed by atoms with E-state index < -0.39 is 18.0 Å². The molecule has 3 rings (SSSR count). The summed E-state index contributed by atoms with van der Waals surface area (Å²) in [6, 6.07) is 6.56. The molecule has 148 valence electrons. The lowest BCUT2D eigenvalue weighted by Crippen LogP contribution is -2.38. The summed E-state index contributed by atoms with van der Waals surface area (Å²) in [6.07, 6.45) is 0.515. The molecule has 28 heavy (non-hydrogen) atoms. The Morgan fingerprint density at radius 3 is 3.00 bits per heavy atom. The lowest BCUT2D eigenvalue weighted by Gasteiger charge is -2.29. The summed E-state index contributed by atoms with van der Waals surface area (Å²) >= 11 is 4.89. The molecule has 1 amide bonds. The van der Waals surface area contributed by atoms with E-state index in [1.165, 1.54) is 24.4 Å². The normalized spacial score (nSPS) is 18.7. The van der Waals surface area contributed by atoms with Crippen LogP contribution in [0.2, 0.25) is 0 Å². The fraction of sp³-hybridized carbons (Fsp3) is 0.412. The molecule has 2 aliphatic rings. The van der Waals surface area contributed by atoms with Crippen LogP contribution in [0.15, 0.2) is 23.3 Å². The molecule has 0 aromatic heterocycles. The van der Waals surface area contributed by atoms with Gasteiger partial charge in [0.25, 0.3) is 5.17 Å². The Morgan fingerprint density at radius 1 is 1.54 bits per heavy atom. The molecule has 1 fully saturated rings. The number of thiocarbonyl (C=S) groups is 1. The third-order valence-corrected chi connectivity index (χ3v) is 4.60. The summed E-state index contributed by atoms with van der Waals surface area (Å²) < 4.78 is 24.8. The number of hydrazone groups is 1. The quantitative estimate of drug-likeness (QED) is 0.577. The Hall–Kier alpha value is -3.13. The number of anilines is 2. The molecule has 1 N–H and O–H groups in total. The number of halogens is 1. The number of benzene rings is 1. The first-order valence-corrected chi connectivity index (χ1v) is 8.95. The summed E-state index contributed by atoms with van der Waals surface area (Å²) in [5.74, 6) is -0.479. The van der Waals surface area contributed by atoms with E-state index >= 15 is 0 Å². The molecule has 1 saturated heterocycles. The number of cyclic esters (lactones) is 1. The highest BCUT2D eigenvalue weighted by Crippen LogP contribution is 2.28. The van der Waals surface area contributed by atoms with Gasteiger partial charge >= 0.3 is 6.09 Å². The molecule has 1 aromatic carbocycles. The molecule has 11 heteroatoms. The van der Waals surface area contributed by atoms with Crippen LogP contribution in [0, 0.1) is 17.1 Å². The highest BCUT2D eigenvalue weighted by Gasteiger charge is 2.33. The number of nitriles is 1. The highest BCUT2D eigenvalue weighted by atomic mass is 32.1. The molecule has 1 atom stereocenters. The van der Waals surface area contributed by atoms with Gasteiger partial charge in [0, 0.05) is 6.54 Å². The van der Waals surface area contributed by atoms with Gasteiger partial charge in [-0.2, -0.15) is 10.4 Å². The Kier molecular flexibility index (Phi) is 6.10. The van der Waals surface area contributed by atoms with Crippen LogP contribution in [0.3, 0.4) is 0 Å². The Morgan fingerprint density at radius 2 is 2.36 bits per heavy atom. The predicted octanol–water partition coefficient (Wildman–Crippen LogP) is 1.26. The molecule has 2 aliphatic heterocycles. The van der Waals surface area contributed by atoms with Crippen molar-refractivity contribution in [1.29, 1.82) is 5.26 Å². The zero-order chi connectivity index (χ0) is 20.1. The van der Waals surface area contributed by atoms with Crippen LogP contribution < -0.4 is 15.1 Å². The third kappa shape index (κ3) is 4.40. The van der Waals surface area contributed by atoms with Gasteiger partial charge in [0.2, 0.25) is 0 Å². The summed E-state index contributed by atoms with van der Waals surface area (Å²) in [5, 5.41) is 17.5. The van der Waals surface area contributed by atoms with Crippen LogP contribution in [0.25, 0.3) is 0 Å². The van der Waals surface area contributed by atoms with Crippen LogP contribution in [-0.4, -0.2) is 68.6 Å². The molecule has 2 heterocycles. The fourth-order valence-corrected chi connectivity index (χ4v) is 2.95. The van der Waals surface area contributed by atoms with Gasteiger partial charge in [-0.25, -0.2) is 9.18 Å². The van der Waals surface area contributed by atoms with Gasteiger partial charge in [0.1, 0.15) is 24.8 Å². The van der Waals surface area contributed by atoms with Crippen LogP contribution in [0.4, 0.5) is 20.6 Å². The summed E-state index contributed by atoms with van der Waals surface area (Å²) in [4.78, 5) is 15.2. The van der Waals surface area contributed by atoms with Crippen LogP contribution in [0.5, 0.6) is 0 Å². The van der Waals surface area contributed by atoms with E-state index in [4.69, 9.17) is 27.0 Å². The van der Waals surface area contributed by atoms with Crippen molar-refractivity contribution in [1.82, 2.24) is 10.3 Å². The first kappa shape index (κ1) is 19.6. The largest absolute Gasteiger partial charge is 0.474 e. The van der Waals surface area contributed by atoms with Crippen molar-refractivity contribution in [2.45, 2.75) is 6.10 Å². The van der Waals surface area contributed by atoms with Crippen molar-refractivity contribution in [3.05, 3.63) is 24.0 Å². The van der Waals surface area contributed by atoms with E-state index in [0.29, 0.717) is 31.0 Å². The summed E-state index contributed by atoms with van der Waals surface area (Å²) in [5.41, 5.74) is 0.753. The number of carbonyl (C=O) groups excluding carboxylic acids is 1. The second kappa shape index (κ2) is 8.71. The smallest absolute Gasteiger partial charge is 0.414 e. The molecule has 0 saturated carbocycles. The number of nitrogens with zero attached hydrogens (tertiary/aromatic N) is 5. The minimum absolute atomic E-state index is 0.188. The molecular formula is C17H19FN6O3S. The van der Waals surface area contributed by atoms with Gasteiger partial charge in [0.05, 0.1) is 44.2 Å². The number of nitrogens with one attached hydrogen (secondary N) is 1. The average molecular weight is 406 g/mol. The minimum atomic E-state index is -0.547.